The van der Waals surface area contributed by atoms with Gasteiger partial charge in [0.2, 0.25) is 5.91 Å². The van der Waals surface area contributed by atoms with E-state index < -0.39 is 0 Å². The zero-order valence-corrected chi connectivity index (χ0v) is 18.9. The molecule has 1 amide bonds. The third kappa shape index (κ3) is 10.3. The summed E-state index contributed by atoms with van der Waals surface area (Å²) >= 11 is 0. The van der Waals surface area contributed by atoms with Gasteiger partial charge in [-0.05, 0) is 30.7 Å². The molecule has 0 aliphatic rings. The molecule has 0 bridgehead atoms. The molecule has 4 nitrogen and oxygen atoms in total. The number of carbonyl (C=O) groups excluding carboxylic acids is 2. The van der Waals surface area contributed by atoms with Gasteiger partial charge < -0.3 is 10.1 Å². The summed E-state index contributed by atoms with van der Waals surface area (Å²) in [6.07, 6.45) is 12.5. The van der Waals surface area contributed by atoms with Crippen molar-refractivity contribution in [3.05, 3.63) is 60.2 Å². The number of ketones is 1. The van der Waals surface area contributed by atoms with Gasteiger partial charge in [-0.3, -0.25) is 9.59 Å². The zero-order chi connectivity index (χ0) is 22.2. The third-order valence-corrected chi connectivity index (χ3v) is 5.32. The van der Waals surface area contributed by atoms with Crippen LogP contribution in [-0.4, -0.2) is 18.3 Å². The van der Waals surface area contributed by atoms with E-state index in [-0.39, 0.29) is 18.1 Å². The van der Waals surface area contributed by atoms with Crippen LogP contribution >= 0.6 is 0 Å². The van der Waals surface area contributed by atoms with Crippen molar-refractivity contribution in [2.24, 2.45) is 0 Å². The average Bonchev–Trinajstić information content (AvgIpc) is 2.78. The molecule has 0 aliphatic heterocycles. The van der Waals surface area contributed by atoms with E-state index in [0.717, 1.165) is 12.8 Å². The maximum Gasteiger partial charge on any atom is 0.232 e. The molecule has 0 spiro atoms. The van der Waals surface area contributed by atoms with Gasteiger partial charge in [0.25, 0.3) is 0 Å². The van der Waals surface area contributed by atoms with Gasteiger partial charge in [-0.15, -0.1) is 0 Å². The van der Waals surface area contributed by atoms with Crippen molar-refractivity contribution in [3.63, 3.8) is 0 Å². The van der Waals surface area contributed by atoms with Crippen molar-refractivity contribution < 1.29 is 14.3 Å². The third-order valence-electron chi connectivity index (χ3n) is 5.32. The Bertz CT molecular complexity index is 773. The lowest BCUT2D eigenvalue weighted by Gasteiger charge is -2.11. The topological polar surface area (TPSA) is 55.4 Å². The fraction of sp³-hybridized carbons (Fsp3) is 0.481. The molecule has 0 atom stereocenters. The van der Waals surface area contributed by atoms with Gasteiger partial charge in [-0.25, -0.2) is 0 Å². The van der Waals surface area contributed by atoms with Gasteiger partial charge in [0.15, 0.2) is 5.78 Å². The maximum absolute atomic E-state index is 12.6. The van der Waals surface area contributed by atoms with Crippen molar-refractivity contribution >= 4 is 17.4 Å². The number of hydrogen-bond donors (Lipinski definition) is 1. The standard InChI is InChI=1S/C27H37NO3/c1-2-3-4-5-6-7-8-9-10-16-21-31-26-20-15-14-19-24(26)25(29)22-27(30)28-23-17-12-11-13-18-23/h11-15,17-20H,2-10,16,21-22H2,1H3,(H,28,30). The number of unbranched alkanes of at least 4 members (excludes halogenated alkanes) is 9. The molecule has 1 N–H and O–H groups in total. The number of anilines is 1. The largest absolute Gasteiger partial charge is 0.493 e. The Hall–Kier alpha value is -2.62. The van der Waals surface area contributed by atoms with E-state index >= 15 is 0 Å². The Morgan fingerprint density at radius 2 is 1.32 bits per heavy atom. The minimum Gasteiger partial charge on any atom is -0.493 e. The first-order valence-corrected chi connectivity index (χ1v) is 11.8. The van der Waals surface area contributed by atoms with Gasteiger partial charge in [0, 0.05) is 5.69 Å². The molecule has 2 aromatic rings. The Kier molecular flexibility index (Phi) is 12.1. The Labute approximate surface area is 187 Å². The summed E-state index contributed by atoms with van der Waals surface area (Å²) in [5.74, 6) is 0.0173. The Balaban J connectivity index is 1.66. The molecule has 2 rings (SSSR count). The summed E-state index contributed by atoms with van der Waals surface area (Å²) in [7, 11) is 0. The zero-order valence-electron chi connectivity index (χ0n) is 18.9. The van der Waals surface area contributed by atoms with Crippen LogP contribution in [0.15, 0.2) is 54.6 Å². The summed E-state index contributed by atoms with van der Waals surface area (Å²) in [6, 6.07) is 16.3. The molecular formula is C27H37NO3. The molecule has 0 saturated carbocycles. The van der Waals surface area contributed by atoms with Crippen LogP contribution < -0.4 is 10.1 Å². The lowest BCUT2D eigenvalue weighted by Crippen LogP contribution is -2.17. The number of carbonyl (C=O) groups is 2. The van der Waals surface area contributed by atoms with E-state index in [0.29, 0.717) is 23.6 Å². The normalized spacial score (nSPS) is 10.6. The first-order chi connectivity index (χ1) is 15.2. The van der Waals surface area contributed by atoms with E-state index in [2.05, 4.69) is 12.2 Å². The van der Waals surface area contributed by atoms with E-state index in [1.54, 1.807) is 30.3 Å². The number of amides is 1. The van der Waals surface area contributed by atoms with Crippen LogP contribution in [0.5, 0.6) is 5.75 Å². The van der Waals surface area contributed by atoms with Crippen molar-refractivity contribution in [1.29, 1.82) is 0 Å². The predicted octanol–water partition coefficient (Wildman–Crippen LogP) is 7.20. The summed E-state index contributed by atoms with van der Waals surface area (Å²) in [6.45, 7) is 2.84. The summed E-state index contributed by atoms with van der Waals surface area (Å²) in [5, 5.41) is 2.75. The number of rotatable bonds is 16. The fourth-order valence-electron chi connectivity index (χ4n) is 3.56. The van der Waals surface area contributed by atoms with E-state index in [1.165, 1.54) is 51.4 Å². The lowest BCUT2D eigenvalue weighted by atomic mass is 10.1. The second-order valence-electron chi connectivity index (χ2n) is 8.04. The monoisotopic (exact) mass is 423 g/mol. The maximum atomic E-state index is 12.6. The minimum absolute atomic E-state index is 0.201. The number of para-hydroxylation sites is 2. The van der Waals surface area contributed by atoms with E-state index in [1.807, 2.05) is 24.3 Å². The Morgan fingerprint density at radius 3 is 2.00 bits per heavy atom. The molecule has 168 valence electrons. The molecule has 0 unspecified atom stereocenters. The highest BCUT2D eigenvalue weighted by Gasteiger charge is 2.16. The van der Waals surface area contributed by atoms with Crippen LogP contribution in [0.1, 0.15) is 87.9 Å². The number of benzene rings is 2. The predicted molar refractivity (Wildman–Crippen MR) is 128 cm³/mol. The van der Waals surface area contributed by atoms with Gasteiger partial charge in [-0.1, -0.05) is 95.0 Å². The van der Waals surface area contributed by atoms with Gasteiger partial charge in [0.1, 0.15) is 5.75 Å². The lowest BCUT2D eigenvalue weighted by molar-refractivity contribution is -0.115. The molecule has 0 aliphatic carbocycles. The van der Waals surface area contributed by atoms with Crippen LogP contribution in [-0.2, 0) is 4.79 Å². The number of nitrogens with one attached hydrogen (secondary N) is 1. The highest BCUT2D eigenvalue weighted by Crippen LogP contribution is 2.21. The highest BCUT2D eigenvalue weighted by molar-refractivity contribution is 6.12. The first-order valence-electron chi connectivity index (χ1n) is 11.8. The van der Waals surface area contributed by atoms with E-state index in [9.17, 15) is 9.59 Å². The van der Waals surface area contributed by atoms with Crippen LogP contribution in [0.4, 0.5) is 5.69 Å². The summed E-state index contributed by atoms with van der Waals surface area (Å²) in [5.41, 5.74) is 1.16. The SMILES string of the molecule is CCCCCCCCCCCCOc1ccccc1C(=O)CC(=O)Nc1ccccc1. The second-order valence-corrected chi connectivity index (χ2v) is 8.04. The van der Waals surface area contributed by atoms with Crippen molar-refractivity contribution in [2.75, 3.05) is 11.9 Å². The highest BCUT2D eigenvalue weighted by atomic mass is 16.5. The second kappa shape index (κ2) is 15.2. The van der Waals surface area contributed by atoms with Crippen LogP contribution in [0.2, 0.25) is 0 Å². The number of Topliss-reactive ketones (excluding diaryl/α,β-unsaturated/α-hetero) is 1. The Morgan fingerprint density at radius 1 is 0.742 bits per heavy atom. The molecular weight excluding hydrogens is 386 g/mol. The van der Waals surface area contributed by atoms with Crippen molar-refractivity contribution in [2.45, 2.75) is 77.6 Å². The molecule has 2 aromatic carbocycles. The van der Waals surface area contributed by atoms with Gasteiger partial charge in [0.05, 0.1) is 18.6 Å². The number of hydrogen-bond acceptors (Lipinski definition) is 3. The molecule has 0 saturated heterocycles. The average molecular weight is 424 g/mol. The van der Waals surface area contributed by atoms with Crippen molar-refractivity contribution in [3.8, 4) is 5.75 Å². The van der Waals surface area contributed by atoms with Gasteiger partial charge in [-0.2, -0.15) is 0 Å². The summed E-state index contributed by atoms with van der Waals surface area (Å²) in [4.78, 5) is 24.8. The minimum atomic E-state index is -0.319. The van der Waals surface area contributed by atoms with Crippen molar-refractivity contribution in [1.82, 2.24) is 0 Å². The van der Waals surface area contributed by atoms with Crippen LogP contribution in [0.3, 0.4) is 0 Å². The first kappa shape index (κ1) is 24.6. The fourth-order valence-corrected chi connectivity index (χ4v) is 3.56. The van der Waals surface area contributed by atoms with Gasteiger partial charge >= 0.3 is 0 Å². The molecule has 31 heavy (non-hydrogen) atoms. The smallest absolute Gasteiger partial charge is 0.232 e. The quantitative estimate of drug-likeness (QED) is 0.176. The van der Waals surface area contributed by atoms with E-state index in [4.69, 9.17) is 4.74 Å². The number of ether oxygens (including phenoxy) is 1. The van der Waals surface area contributed by atoms with Crippen LogP contribution in [0, 0.1) is 0 Å². The molecule has 4 heteroatoms. The molecule has 0 radical (unpaired) electrons. The summed E-state index contributed by atoms with van der Waals surface area (Å²) < 4.78 is 5.88. The molecule has 0 aromatic heterocycles. The molecule has 0 fully saturated rings. The van der Waals surface area contributed by atoms with Crippen LogP contribution in [0.25, 0.3) is 0 Å². The molecule has 0 heterocycles.